The minimum absolute atomic E-state index is 0.160. The number of nitrogens with one attached hydrogen (secondary N) is 2. The van der Waals surface area contributed by atoms with Gasteiger partial charge in [-0.2, -0.15) is 0 Å². The molecule has 6 nitrogen and oxygen atoms in total. The molecule has 0 aliphatic carbocycles. The molecule has 0 bridgehead atoms. The minimum Gasteiger partial charge on any atom is -0.370 e. The van der Waals surface area contributed by atoms with Crippen LogP contribution in [0.1, 0.15) is 66.5 Å². The maximum atomic E-state index is 15.2. The fourth-order valence-corrected chi connectivity index (χ4v) is 7.37. The van der Waals surface area contributed by atoms with Crippen LogP contribution < -0.4 is 10.6 Å². The summed E-state index contributed by atoms with van der Waals surface area (Å²) in [5.74, 6) is 5.08. The fourth-order valence-electron chi connectivity index (χ4n) is 7.37. The van der Waals surface area contributed by atoms with Gasteiger partial charge >= 0.3 is 0 Å². The number of fused-ring (bicyclic) bond motifs is 1. The highest BCUT2D eigenvalue weighted by molar-refractivity contribution is 6.15. The molecule has 0 saturated carbocycles. The van der Waals surface area contributed by atoms with E-state index < -0.39 is 0 Å². The van der Waals surface area contributed by atoms with Crippen LogP contribution in [0.5, 0.6) is 0 Å². The number of rotatable bonds is 13. The van der Waals surface area contributed by atoms with Crippen molar-refractivity contribution >= 4 is 28.9 Å². The van der Waals surface area contributed by atoms with Crippen molar-refractivity contribution in [3.8, 4) is 11.8 Å². The predicted molar refractivity (Wildman–Crippen MR) is 212 cm³/mol. The van der Waals surface area contributed by atoms with Crippen molar-refractivity contribution in [2.75, 3.05) is 45.1 Å². The van der Waals surface area contributed by atoms with Gasteiger partial charge in [0.05, 0.1) is 29.7 Å². The zero-order chi connectivity index (χ0) is 36.8. The number of hydrogen-bond acceptors (Lipinski definition) is 6. The van der Waals surface area contributed by atoms with Crippen LogP contribution in [-0.2, 0) is 13.0 Å². The summed E-state index contributed by atoms with van der Waals surface area (Å²) in [7, 11) is 1.99. The summed E-state index contributed by atoms with van der Waals surface area (Å²) < 4.78 is 29.6. The van der Waals surface area contributed by atoms with Crippen LogP contribution in [0, 0.1) is 23.5 Å². The SMILES string of the molecule is C=C(N=CC#CC)c1ccc(C2=CCN(C(=C)CN3CC[C@@](NC)(C(=C)Nc4ccc5c(c4)C(c4ccc(F)c(CCC)c4)=NC5)C3)CC2)c(F)c1. The smallest absolute Gasteiger partial charge is 0.131 e. The van der Waals surface area contributed by atoms with Gasteiger partial charge in [-0.3, -0.25) is 9.89 Å². The zero-order valence-electron chi connectivity index (χ0n) is 30.6. The van der Waals surface area contributed by atoms with Gasteiger partial charge in [0.1, 0.15) is 11.6 Å². The molecule has 3 aromatic rings. The van der Waals surface area contributed by atoms with Crippen LogP contribution >= 0.6 is 0 Å². The summed E-state index contributed by atoms with van der Waals surface area (Å²) in [5, 5.41) is 7.19. The average Bonchev–Trinajstić information content (AvgIpc) is 3.77. The molecule has 1 saturated heterocycles. The highest BCUT2D eigenvalue weighted by Gasteiger charge is 2.40. The van der Waals surface area contributed by atoms with Crippen LogP contribution in [-0.4, -0.2) is 67.0 Å². The van der Waals surface area contributed by atoms with Gasteiger partial charge in [0.25, 0.3) is 0 Å². The zero-order valence-corrected chi connectivity index (χ0v) is 30.6. The summed E-state index contributed by atoms with van der Waals surface area (Å²) in [6.45, 7) is 21.2. The molecule has 52 heavy (non-hydrogen) atoms. The molecular formula is C44H48F2N6. The molecule has 0 radical (unpaired) electrons. The molecule has 3 aliphatic rings. The lowest BCUT2D eigenvalue weighted by Crippen LogP contribution is -2.49. The van der Waals surface area contributed by atoms with Gasteiger partial charge in [0, 0.05) is 72.1 Å². The molecule has 1 atom stereocenters. The minimum atomic E-state index is -0.319. The van der Waals surface area contributed by atoms with Crippen molar-refractivity contribution in [2.24, 2.45) is 9.98 Å². The number of aryl methyl sites for hydroxylation is 1. The first-order valence-corrected chi connectivity index (χ1v) is 18.0. The van der Waals surface area contributed by atoms with Gasteiger partial charge in [-0.15, -0.1) is 5.92 Å². The largest absolute Gasteiger partial charge is 0.370 e. The molecule has 3 heterocycles. The summed E-state index contributed by atoms with van der Waals surface area (Å²) in [6, 6.07) is 16.9. The van der Waals surface area contributed by atoms with Crippen LogP contribution in [0.4, 0.5) is 14.5 Å². The maximum absolute atomic E-state index is 15.2. The normalized spacial score (nSPS) is 18.4. The van der Waals surface area contributed by atoms with Crippen LogP contribution in [0.2, 0.25) is 0 Å². The molecule has 268 valence electrons. The van der Waals surface area contributed by atoms with Crippen molar-refractivity contribution in [3.63, 3.8) is 0 Å². The highest BCUT2D eigenvalue weighted by Crippen LogP contribution is 2.33. The summed E-state index contributed by atoms with van der Waals surface area (Å²) in [5.41, 5.74) is 10.2. The molecule has 6 rings (SSSR count). The van der Waals surface area contributed by atoms with Gasteiger partial charge in [-0.1, -0.05) is 63.3 Å². The number of nitrogens with zero attached hydrogens (tertiary/aromatic N) is 4. The van der Waals surface area contributed by atoms with Crippen LogP contribution in [0.25, 0.3) is 11.3 Å². The molecule has 0 amide bonds. The Morgan fingerprint density at radius 2 is 1.88 bits per heavy atom. The Kier molecular flexibility index (Phi) is 11.3. The quantitative estimate of drug-likeness (QED) is 0.140. The number of benzene rings is 3. The Bertz CT molecular complexity index is 2050. The fraction of sp³-hybridized carbons (Fsp3) is 0.318. The van der Waals surface area contributed by atoms with E-state index in [2.05, 4.69) is 88.2 Å². The number of likely N-dealkylation sites (tertiary alicyclic amines) is 1. The van der Waals surface area contributed by atoms with E-state index in [1.165, 1.54) is 12.3 Å². The lowest BCUT2D eigenvalue weighted by Gasteiger charge is -2.34. The lowest BCUT2D eigenvalue weighted by atomic mass is 9.94. The van der Waals surface area contributed by atoms with E-state index in [0.29, 0.717) is 36.3 Å². The van der Waals surface area contributed by atoms with Crippen molar-refractivity contribution in [1.82, 2.24) is 15.1 Å². The lowest BCUT2D eigenvalue weighted by molar-refractivity contribution is 0.282. The van der Waals surface area contributed by atoms with E-state index in [4.69, 9.17) is 4.99 Å². The molecular weight excluding hydrogens is 651 g/mol. The molecule has 0 unspecified atom stereocenters. The molecule has 2 N–H and O–H groups in total. The second kappa shape index (κ2) is 16.1. The van der Waals surface area contributed by atoms with E-state index in [1.807, 2.05) is 31.3 Å². The Hall–Kier alpha value is -5.10. The van der Waals surface area contributed by atoms with E-state index >= 15 is 4.39 Å². The standard InChI is InChI=1S/C44H48F2N6/c1-7-9-20-48-31(4)34-12-15-39(42(46)25-34)33-17-21-52(22-18-33)30(3)28-51-23-19-44(29-51,47-6)32(5)50-38-14-11-37-27-49-43(40(37)26-38)36-13-16-41(45)35(24-36)10-8-2/h11-17,20,24-26,47,50H,3-5,8,10,18-19,21-23,27-29H2,1-2,6H3/t44-/m0/s1. The summed E-state index contributed by atoms with van der Waals surface area (Å²) in [6.07, 6.45) is 6.81. The first-order chi connectivity index (χ1) is 25.1. The third-order valence-corrected chi connectivity index (χ3v) is 10.5. The maximum Gasteiger partial charge on any atom is 0.131 e. The van der Waals surface area contributed by atoms with Gasteiger partial charge in [-0.05, 0) is 86.3 Å². The number of halogens is 2. The Morgan fingerprint density at radius 1 is 1.04 bits per heavy atom. The van der Waals surface area contributed by atoms with E-state index in [1.54, 1.807) is 13.0 Å². The number of aliphatic imine (C=N–C) groups is 2. The van der Waals surface area contributed by atoms with Crippen molar-refractivity contribution in [1.29, 1.82) is 0 Å². The summed E-state index contributed by atoms with van der Waals surface area (Å²) >= 11 is 0. The van der Waals surface area contributed by atoms with Gasteiger partial charge in [0.15, 0.2) is 0 Å². The van der Waals surface area contributed by atoms with Crippen LogP contribution in [0.3, 0.4) is 0 Å². The third-order valence-electron chi connectivity index (χ3n) is 10.5. The van der Waals surface area contributed by atoms with Crippen molar-refractivity contribution in [3.05, 3.63) is 137 Å². The average molecular weight is 699 g/mol. The molecule has 1 fully saturated rings. The number of anilines is 1. The second-order valence-corrected chi connectivity index (χ2v) is 13.8. The second-order valence-electron chi connectivity index (χ2n) is 13.8. The van der Waals surface area contributed by atoms with Gasteiger partial charge < -0.3 is 15.5 Å². The summed E-state index contributed by atoms with van der Waals surface area (Å²) in [4.78, 5) is 13.7. The van der Waals surface area contributed by atoms with Crippen LogP contribution in [0.15, 0.2) is 102 Å². The monoisotopic (exact) mass is 698 g/mol. The first-order valence-electron chi connectivity index (χ1n) is 18.0. The molecule has 0 spiro atoms. The number of likely N-dealkylation sites (N-methyl/N-ethyl adjacent to an activating group) is 1. The molecule has 3 aromatic carbocycles. The predicted octanol–water partition coefficient (Wildman–Crippen LogP) is 8.23. The first kappa shape index (κ1) is 36.7. The van der Waals surface area contributed by atoms with Gasteiger partial charge in [0.2, 0.25) is 0 Å². The topological polar surface area (TPSA) is 55.3 Å². The number of hydrogen-bond donors (Lipinski definition) is 2. The van der Waals surface area contributed by atoms with E-state index in [9.17, 15) is 4.39 Å². The Labute approximate surface area is 307 Å². The van der Waals surface area contributed by atoms with E-state index in [0.717, 1.165) is 96.1 Å². The Morgan fingerprint density at radius 3 is 2.62 bits per heavy atom. The molecule has 8 heteroatoms. The molecule has 3 aliphatic heterocycles. The van der Waals surface area contributed by atoms with Crippen molar-refractivity contribution < 1.29 is 8.78 Å². The van der Waals surface area contributed by atoms with Crippen molar-refractivity contribution in [2.45, 2.75) is 51.6 Å². The Balaban J connectivity index is 1.05. The highest BCUT2D eigenvalue weighted by atomic mass is 19.1. The molecule has 0 aromatic heterocycles. The van der Waals surface area contributed by atoms with E-state index in [-0.39, 0.29) is 17.2 Å². The van der Waals surface area contributed by atoms with Gasteiger partial charge in [-0.25, -0.2) is 13.8 Å². The third kappa shape index (κ3) is 7.86.